The molecule has 1 heterocycles. The summed E-state index contributed by atoms with van der Waals surface area (Å²) in [6, 6.07) is 2.22. The Labute approximate surface area is 101 Å². The van der Waals surface area contributed by atoms with E-state index in [1.54, 1.807) is 0 Å². The van der Waals surface area contributed by atoms with E-state index in [1.807, 2.05) is 0 Å². The maximum Gasteiger partial charge on any atom is 0.276 e. The minimum absolute atomic E-state index is 0.0524. The van der Waals surface area contributed by atoms with E-state index in [-0.39, 0.29) is 28.4 Å². The number of rotatable bonds is 3. The van der Waals surface area contributed by atoms with Crippen LogP contribution in [0.25, 0.3) is 0 Å². The zero-order chi connectivity index (χ0) is 11.9. The van der Waals surface area contributed by atoms with Gasteiger partial charge in [0.25, 0.3) is 5.92 Å². The van der Waals surface area contributed by atoms with Crippen LogP contribution in [-0.4, -0.2) is 16.7 Å². The van der Waals surface area contributed by atoms with Crippen LogP contribution in [0.15, 0.2) is 12.1 Å². The molecule has 0 aliphatic heterocycles. The molecule has 88 valence electrons. The van der Waals surface area contributed by atoms with E-state index in [0.29, 0.717) is 6.42 Å². The summed E-state index contributed by atoms with van der Waals surface area (Å²) in [4.78, 5) is 3.61. The first-order valence-electron chi connectivity index (χ1n) is 4.77. The van der Waals surface area contributed by atoms with Crippen molar-refractivity contribution in [3.05, 3.63) is 28.0 Å². The number of aliphatic hydroxyl groups is 1. The van der Waals surface area contributed by atoms with Gasteiger partial charge in [0, 0.05) is 18.1 Å². The van der Waals surface area contributed by atoms with Gasteiger partial charge in [-0.05, 0) is 24.5 Å². The minimum atomic E-state index is -3.01. The fraction of sp³-hybridized carbons (Fsp3) is 0.500. The smallest absolute Gasteiger partial charge is 0.276 e. The fourth-order valence-electron chi connectivity index (χ4n) is 1.76. The first-order chi connectivity index (χ1) is 7.45. The van der Waals surface area contributed by atoms with Crippen LogP contribution in [0.3, 0.4) is 0 Å². The number of pyridine rings is 1. The minimum Gasteiger partial charge on any atom is -0.396 e. The van der Waals surface area contributed by atoms with Crippen LogP contribution in [0.4, 0.5) is 8.78 Å². The molecule has 1 saturated carbocycles. The van der Waals surface area contributed by atoms with E-state index in [1.165, 1.54) is 0 Å². The molecule has 2 unspecified atom stereocenters. The van der Waals surface area contributed by atoms with Crippen molar-refractivity contribution < 1.29 is 13.9 Å². The summed E-state index contributed by atoms with van der Waals surface area (Å²) < 4.78 is 27.8. The van der Waals surface area contributed by atoms with E-state index >= 15 is 0 Å². The van der Waals surface area contributed by atoms with Crippen LogP contribution < -0.4 is 0 Å². The van der Waals surface area contributed by atoms with E-state index in [9.17, 15) is 8.78 Å². The van der Waals surface area contributed by atoms with Crippen molar-refractivity contribution in [2.75, 3.05) is 6.61 Å². The number of hydrogen-bond acceptors (Lipinski definition) is 2. The topological polar surface area (TPSA) is 33.1 Å². The lowest BCUT2D eigenvalue weighted by Crippen LogP contribution is -2.18. The molecule has 6 heteroatoms. The number of alkyl halides is 2. The van der Waals surface area contributed by atoms with Gasteiger partial charge < -0.3 is 5.11 Å². The van der Waals surface area contributed by atoms with Gasteiger partial charge in [-0.3, -0.25) is 0 Å². The highest BCUT2D eigenvalue weighted by atomic mass is 35.5. The Kier molecular flexibility index (Phi) is 3.07. The molecule has 1 aromatic heterocycles. The van der Waals surface area contributed by atoms with Crippen LogP contribution >= 0.6 is 23.2 Å². The highest BCUT2D eigenvalue weighted by Gasteiger charge is 2.55. The largest absolute Gasteiger partial charge is 0.396 e. The molecule has 0 aromatic carbocycles. The van der Waals surface area contributed by atoms with Gasteiger partial charge in [-0.25, -0.2) is 13.8 Å². The molecule has 1 aliphatic rings. The van der Waals surface area contributed by atoms with Gasteiger partial charge in [-0.2, -0.15) is 0 Å². The van der Waals surface area contributed by atoms with E-state index in [0.717, 1.165) is 12.1 Å². The van der Waals surface area contributed by atoms with E-state index in [2.05, 4.69) is 4.98 Å². The Morgan fingerprint density at radius 3 is 2.38 bits per heavy atom. The number of aliphatic hydroxyl groups excluding tert-OH is 1. The molecule has 0 radical (unpaired) electrons. The average Bonchev–Trinajstić information content (AvgIpc) is 2.95. The van der Waals surface area contributed by atoms with Gasteiger partial charge in [0.05, 0.1) is 0 Å². The second-order valence-corrected chi connectivity index (χ2v) is 4.68. The predicted octanol–water partition coefficient (Wildman–Crippen LogP) is 3.11. The number of aromatic nitrogens is 1. The maximum atomic E-state index is 13.9. The number of hydrogen-bond donors (Lipinski definition) is 1. The third-order valence-electron chi connectivity index (χ3n) is 2.77. The number of halogens is 4. The van der Waals surface area contributed by atoms with Gasteiger partial charge in [0.2, 0.25) is 0 Å². The summed E-state index contributed by atoms with van der Waals surface area (Å²) in [7, 11) is 0. The highest BCUT2D eigenvalue weighted by Crippen LogP contribution is 2.54. The lowest BCUT2D eigenvalue weighted by atomic mass is 10.0. The van der Waals surface area contributed by atoms with Crippen LogP contribution in [0, 0.1) is 11.8 Å². The fourth-order valence-corrected chi connectivity index (χ4v) is 2.23. The lowest BCUT2D eigenvalue weighted by Gasteiger charge is -2.17. The van der Waals surface area contributed by atoms with Crippen LogP contribution in [0.5, 0.6) is 0 Å². The molecular weight excluding hydrogens is 259 g/mol. The summed E-state index contributed by atoms with van der Waals surface area (Å²) in [6.45, 7) is -0.215. The standard InChI is InChI=1S/C10H9Cl2F2NO/c11-8-2-6(3-9(12)15-8)10(13,14)7-1-5(7)4-16/h2-3,5,7,16H,1,4H2. The third kappa shape index (κ3) is 2.14. The maximum absolute atomic E-state index is 13.9. The molecule has 1 fully saturated rings. The Morgan fingerprint density at radius 2 is 1.94 bits per heavy atom. The second-order valence-electron chi connectivity index (χ2n) is 3.91. The van der Waals surface area contributed by atoms with Gasteiger partial charge in [-0.15, -0.1) is 0 Å². The van der Waals surface area contributed by atoms with Crippen molar-refractivity contribution in [1.29, 1.82) is 0 Å². The lowest BCUT2D eigenvalue weighted by molar-refractivity contribution is -0.0363. The molecule has 2 nitrogen and oxygen atoms in total. The van der Waals surface area contributed by atoms with Crippen LogP contribution in [-0.2, 0) is 5.92 Å². The van der Waals surface area contributed by atoms with Gasteiger partial charge >= 0.3 is 0 Å². The molecule has 1 aromatic rings. The van der Waals surface area contributed by atoms with Crippen LogP contribution in [0.1, 0.15) is 12.0 Å². The molecule has 0 saturated heterocycles. The van der Waals surface area contributed by atoms with Crippen molar-refractivity contribution in [2.24, 2.45) is 11.8 Å². The highest BCUT2D eigenvalue weighted by molar-refractivity contribution is 6.32. The Balaban J connectivity index is 2.29. The Bertz CT molecular complexity index is 394. The first-order valence-corrected chi connectivity index (χ1v) is 5.53. The zero-order valence-corrected chi connectivity index (χ0v) is 9.64. The summed E-state index contributed by atoms with van der Waals surface area (Å²) in [5.74, 6) is -4.17. The molecule has 0 bridgehead atoms. The zero-order valence-electron chi connectivity index (χ0n) is 8.13. The quantitative estimate of drug-likeness (QED) is 0.854. The van der Waals surface area contributed by atoms with Crippen molar-refractivity contribution >= 4 is 23.2 Å². The van der Waals surface area contributed by atoms with E-state index < -0.39 is 11.8 Å². The molecule has 0 amide bonds. The average molecular weight is 268 g/mol. The Morgan fingerprint density at radius 1 is 1.38 bits per heavy atom. The third-order valence-corrected chi connectivity index (χ3v) is 3.16. The van der Waals surface area contributed by atoms with Gasteiger partial charge in [0.1, 0.15) is 10.3 Å². The summed E-state index contributed by atoms with van der Waals surface area (Å²) in [6.07, 6.45) is 0.320. The molecular formula is C10H9Cl2F2NO. The molecule has 1 aliphatic carbocycles. The normalized spacial score (nSPS) is 24.6. The summed E-state index contributed by atoms with van der Waals surface area (Å²) in [5.41, 5.74) is -0.238. The van der Waals surface area contributed by atoms with E-state index in [4.69, 9.17) is 28.3 Å². The summed E-state index contributed by atoms with van der Waals surface area (Å²) in [5, 5.41) is 8.69. The number of nitrogens with zero attached hydrogens (tertiary/aromatic N) is 1. The Hall–Kier alpha value is -0.450. The first kappa shape index (κ1) is 12.0. The van der Waals surface area contributed by atoms with Crippen molar-refractivity contribution in [2.45, 2.75) is 12.3 Å². The monoisotopic (exact) mass is 267 g/mol. The van der Waals surface area contributed by atoms with Crippen molar-refractivity contribution in [1.82, 2.24) is 4.98 Å². The predicted molar refractivity (Wildman–Crippen MR) is 56.8 cm³/mol. The van der Waals surface area contributed by atoms with Crippen molar-refractivity contribution in [3.8, 4) is 0 Å². The molecule has 1 N–H and O–H groups in total. The van der Waals surface area contributed by atoms with Crippen molar-refractivity contribution in [3.63, 3.8) is 0 Å². The molecule has 2 atom stereocenters. The summed E-state index contributed by atoms with van der Waals surface area (Å²) >= 11 is 11.1. The molecule has 0 spiro atoms. The second kappa shape index (κ2) is 4.09. The van der Waals surface area contributed by atoms with Gasteiger partial charge in [0.15, 0.2) is 0 Å². The van der Waals surface area contributed by atoms with Gasteiger partial charge in [-0.1, -0.05) is 23.2 Å². The van der Waals surface area contributed by atoms with Crippen LogP contribution in [0.2, 0.25) is 10.3 Å². The molecule has 16 heavy (non-hydrogen) atoms. The SMILES string of the molecule is OCC1CC1C(F)(F)c1cc(Cl)nc(Cl)c1. The molecule has 2 rings (SSSR count).